The van der Waals surface area contributed by atoms with Gasteiger partial charge in [0, 0.05) is 36.9 Å². The van der Waals surface area contributed by atoms with E-state index in [1.54, 1.807) is 41.0 Å². The summed E-state index contributed by atoms with van der Waals surface area (Å²) in [4.78, 5) is 40.5. The van der Waals surface area contributed by atoms with Crippen molar-refractivity contribution < 1.29 is 19.1 Å². The van der Waals surface area contributed by atoms with Crippen LogP contribution in [0.3, 0.4) is 0 Å². The van der Waals surface area contributed by atoms with E-state index in [2.05, 4.69) is 5.32 Å². The second-order valence-electron chi connectivity index (χ2n) is 6.52. The number of hydrogen-bond acceptors (Lipinski definition) is 4. The van der Waals surface area contributed by atoms with Crippen LogP contribution in [0.15, 0.2) is 24.3 Å². The Morgan fingerprint density at radius 2 is 1.81 bits per heavy atom. The van der Waals surface area contributed by atoms with E-state index in [1.165, 1.54) is 0 Å². The number of hydrogen-bond donors (Lipinski definition) is 1. The van der Waals surface area contributed by atoms with Crippen molar-refractivity contribution in [2.45, 2.75) is 19.8 Å². The Hall–Kier alpha value is -2.28. The van der Waals surface area contributed by atoms with Crippen molar-refractivity contribution in [3.63, 3.8) is 0 Å². The number of carbonyl (C=O) groups is 3. The maximum Gasteiger partial charge on any atom is 0.409 e. The molecule has 0 bridgehead atoms. The number of halogens is 1. The number of ether oxygens (including phenoxy) is 1. The van der Waals surface area contributed by atoms with Gasteiger partial charge in [-0.15, -0.1) is 0 Å². The van der Waals surface area contributed by atoms with Crippen LogP contribution in [0.2, 0.25) is 5.02 Å². The molecule has 0 radical (unpaired) electrons. The number of rotatable bonds is 4. The molecule has 3 amide bonds. The van der Waals surface area contributed by atoms with E-state index in [-0.39, 0.29) is 17.9 Å². The van der Waals surface area contributed by atoms with E-state index >= 15 is 0 Å². The molecule has 3 rings (SSSR count). The third kappa shape index (κ3) is 3.77. The molecule has 1 saturated heterocycles. The molecule has 0 spiro atoms. The van der Waals surface area contributed by atoms with Gasteiger partial charge in [-0.1, -0.05) is 17.7 Å². The minimum atomic E-state index is -0.992. The summed E-state index contributed by atoms with van der Waals surface area (Å²) in [7, 11) is 0. The zero-order chi connectivity index (χ0) is 18.7. The molecule has 1 aromatic carbocycles. The van der Waals surface area contributed by atoms with Crippen LogP contribution >= 0.6 is 11.6 Å². The Balaban J connectivity index is 1.59. The van der Waals surface area contributed by atoms with Crippen molar-refractivity contribution in [3.05, 3.63) is 29.3 Å². The van der Waals surface area contributed by atoms with Crippen molar-refractivity contribution in [1.82, 2.24) is 9.80 Å². The van der Waals surface area contributed by atoms with Gasteiger partial charge in [0.2, 0.25) is 11.8 Å². The number of amides is 3. The van der Waals surface area contributed by atoms with Crippen molar-refractivity contribution in [3.8, 4) is 0 Å². The van der Waals surface area contributed by atoms with Crippen LogP contribution < -0.4 is 5.32 Å². The Morgan fingerprint density at radius 3 is 2.38 bits per heavy atom. The van der Waals surface area contributed by atoms with Crippen LogP contribution in [0.1, 0.15) is 19.8 Å². The fourth-order valence-corrected chi connectivity index (χ4v) is 3.28. The Morgan fingerprint density at radius 1 is 1.15 bits per heavy atom. The van der Waals surface area contributed by atoms with Gasteiger partial charge in [-0.25, -0.2) is 4.79 Å². The van der Waals surface area contributed by atoms with Gasteiger partial charge < -0.3 is 19.9 Å². The number of nitrogens with one attached hydrogen (secondary N) is 1. The van der Waals surface area contributed by atoms with Gasteiger partial charge in [-0.05, 0) is 38.0 Å². The van der Waals surface area contributed by atoms with Gasteiger partial charge in [0.05, 0.1) is 6.61 Å². The van der Waals surface area contributed by atoms with Gasteiger partial charge in [-0.3, -0.25) is 9.59 Å². The van der Waals surface area contributed by atoms with Crippen LogP contribution in [-0.2, 0) is 14.3 Å². The molecular weight excluding hydrogens is 358 g/mol. The molecule has 0 aromatic heterocycles. The van der Waals surface area contributed by atoms with E-state index in [4.69, 9.17) is 16.3 Å². The van der Waals surface area contributed by atoms with Crippen molar-refractivity contribution in [2.75, 3.05) is 38.1 Å². The number of piperazine rings is 1. The molecule has 2 aliphatic rings. The minimum absolute atomic E-state index is 0.166. The summed E-state index contributed by atoms with van der Waals surface area (Å²) in [6, 6.07) is 6.85. The Labute approximate surface area is 157 Å². The monoisotopic (exact) mass is 379 g/mol. The smallest absolute Gasteiger partial charge is 0.409 e. The topological polar surface area (TPSA) is 79.0 Å². The standard InChI is InChI=1S/C18H22ClN3O4/c1-2-26-17(25)22-10-8-21(9-11-22)16(24)18(6-7-18)15(23)20-14-5-3-4-13(19)12-14/h3-5,12H,2,6-11H2,1H3,(H,20,23). The van der Waals surface area contributed by atoms with Crippen molar-refractivity contribution >= 4 is 35.2 Å². The third-order valence-electron chi connectivity index (χ3n) is 4.77. The Bertz CT molecular complexity index is 712. The summed E-state index contributed by atoms with van der Waals surface area (Å²) in [6.45, 7) is 3.72. The van der Waals surface area contributed by atoms with Crippen molar-refractivity contribution in [2.24, 2.45) is 5.41 Å². The first-order chi connectivity index (χ1) is 12.5. The number of anilines is 1. The quantitative estimate of drug-likeness (QED) is 0.814. The highest BCUT2D eigenvalue weighted by Gasteiger charge is 2.58. The van der Waals surface area contributed by atoms with E-state index in [0.29, 0.717) is 56.3 Å². The summed E-state index contributed by atoms with van der Waals surface area (Å²) in [5.41, 5.74) is -0.414. The maximum atomic E-state index is 12.9. The van der Waals surface area contributed by atoms with Crippen LogP contribution in [0, 0.1) is 5.41 Å². The summed E-state index contributed by atoms with van der Waals surface area (Å²) >= 11 is 5.94. The highest BCUT2D eigenvalue weighted by molar-refractivity contribution is 6.31. The molecular formula is C18H22ClN3O4. The molecule has 0 unspecified atom stereocenters. The summed E-state index contributed by atoms with van der Waals surface area (Å²) in [5.74, 6) is -0.460. The predicted molar refractivity (Wildman–Crippen MR) is 96.9 cm³/mol. The van der Waals surface area contributed by atoms with Gasteiger partial charge in [0.1, 0.15) is 5.41 Å². The average Bonchev–Trinajstić information content (AvgIpc) is 3.43. The number of nitrogens with zero attached hydrogens (tertiary/aromatic N) is 2. The van der Waals surface area contributed by atoms with E-state index in [0.717, 1.165) is 0 Å². The van der Waals surface area contributed by atoms with Crippen LogP contribution in [-0.4, -0.2) is 60.5 Å². The molecule has 1 aromatic rings. The molecule has 140 valence electrons. The van der Waals surface area contributed by atoms with Gasteiger partial charge in [-0.2, -0.15) is 0 Å². The average molecular weight is 380 g/mol. The lowest BCUT2D eigenvalue weighted by atomic mass is 10.0. The molecule has 7 nitrogen and oxygen atoms in total. The molecule has 8 heteroatoms. The van der Waals surface area contributed by atoms with E-state index < -0.39 is 5.41 Å². The van der Waals surface area contributed by atoms with Crippen LogP contribution in [0.4, 0.5) is 10.5 Å². The zero-order valence-corrected chi connectivity index (χ0v) is 15.4. The largest absolute Gasteiger partial charge is 0.450 e. The van der Waals surface area contributed by atoms with Gasteiger partial charge in [0.15, 0.2) is 0 Å². The molecule has 26 heavy (non-hydrogen) atoms. The highest BCUT2D eigenvalue weighted by Crippen LogP contribution is 2.48. The molecule has 1 aliphatic carbocycles. The molecule has 1 saturated carbocycles. The molecule has 0 atom stereocenters. The van der Waals surface area contributed by atoms with E-state index in [9.17, 15) is 14.4 Å². The predicted octanol–water partition coefficient (Wildman–Crippen LogP) is 2.36. The zero-order valence-electron chi connectivity index (χ0n) is 14.7. The summed E-state index contributed by atoms with van der Waals surface area (Å²) < 4.78 is 4.98. The fourth-order valence-electron chi connectivity index (χ4n) is 3.09. The van der Waals surface area contributed by atoms with Crippen LogP contribution in [0.25, 0.3) is 0 Å². The fraction of sp³-hybridized carbons (Fsp3) is 0.500. The second kappa shape index (κ2) is 7.53. The lowest BCUT2D eigenvalue weighted by Crippen LogP contribution is -2.53. The molecule has 1 N–H and O–H groups in total. The second-order valence-corrected chi connectivity index (χ2v) is 6.96. The maximum absolute atomic E-state index is 12.9. The lowest BCUT2D eigenvalue weighted by molar-refractivity contribution is -0.143. The van der Waals surface area contributed by atoms with Crippen molar-refractivity contribution in [1.29, 1.82) is 0 Å². The number of carbonyl (C=O) groups excluding carboxylic acids is 3. The molecule has 2 fully saturated rings. The van der Waals surface area contributed by atoms with Crippen LogP contribution in [0.5, 0.6) is 0 Å². The van der Waals surface area contributed by atoms with Gasteiger partial charge >= 0.3 is 6.09 Å². The van der Waals surface area contributed by atoms with E-state index in [1.807, 2.05) is 0 Å². The molecule has 1 aliphatic heterocycles. The lowest BCUT2D eigenvalue weighted by Gasteiger charge is -2.35. The highest BCUT2D eigenvalue weighted by atomic mass is 35.5. The summed E-state index contributed by atoms with van der Waals surface area (Å²) in [6.07, 6.45) is 0.714. The Kier molecular flexibility index (Phi) is 5.36. The van der Waals surface area contributed by atoms with Gasteiger partial charge in [0.25, 0.3) is 0 Å². The first-order valence-electron chi connectivity index (χ1n) is 8.74. The first kappa shape index (κ1) is 18.5. The number of benzene rings is 1. The third-order valence-corrected chi connectivity index (χ3v) is 5.00. The normalized spacial score (nSPS) is 18.2. The first-order valence-corrected chi connectivity index (χ1v) is 9.12. The molecule has 1 heterocycles. The minimum Gasteiger partial charge on any atom is -0.450 e. The summed E-state index contributed by atoms with van der Waals surface area (Å²) in [5, 5.41) is 3.32. The SMILES string of the molecule is CCOC(=O)N1CCN(C(=O)C2(C(=O)Nc3cccc(Cl)c3)CC2)CC1.